The van der Waals surface area contributed by atoms with Crippen LogP contribution in [0.15, 0.2) is 54.7 Å². The van der Waals surface area contributed by atoms with E-state index in [-0.39, 0.29) is 6.61 Å². The predicted molar refractivity (Wildman–Crippen MR) is 202 cm³/mol. The van der Waals surface area contributed by atoms with Crippen molar-refractivity contribution in [2.45, 2.75) is 120 Å². The number of aromatic nitrogens is 1. The highest BCUT2D eigenvalue weighted by Gasteiger charge is 2.55. The van der Waals surface area contributed by atoms with Crippen LogP contribution in [0, 0.1) is 21.7 Å². The Morgan fingerprint density at radius 3 is 1.79 bits per heavy atom. The molecule has 4 rings (SSSR count). The topological polar surface area (TPSA) is 142 Å². The first-order valence-corrected chi connectivity index (χ1v) is 18.3. The van der Waals surface area contributed by atoms with Crippen LogP contribution in [-0.2, 0) is 42.9 Å². The van der Waals surface area contributed by atoms with Gasteiger partial charge in [-0.05, 0) is 112 Å². The Kier molecular flexibility index (Phi) is 12.5. The van der Waals surface area contributed by atoms with Gasteiger partial charge in [0.1, 0.15) is 12.7 Å². The molecule has 0 unspecified atom stereocenters. The molecule has 0 radical (unpaired) electrons. The van der Waals surface area contributed by atoms with Gasteiger partial charge in [0.05, 0.1) is 27.7 Å². The molecule has 2 heterocycles. The summed E-state index contributed by atoms with van der Waals surface area (Å²) in [6, 6.07) is 14.5. The summed E-state index contributed by atoms with van der Waals surface area (Å²) in [5.74, 6) is -2.39. The second-order valence-corrected chi connectivity index (χ2v) is 18.2. The number of rotatable bonds is 9. The van der Waals surface area contributed by atoms with Crippen molar-refractivity contribution < 1.29 is 42.9 Å². The molecule has 3 aromatic rings. The smallest absolute Gasteiger partial charge is 0.311 e. The Morgan fingerprint density at radius 2 is 1.25 bits per heavy atom. The van der Waals surface area contributed by atoms with E-state index in [2.05, 4.69) is 10.3 Å². The molecule has 1 aromatic heterocycles. The minimum absolute atomic E-state index is 0.366. The number of halogens is 1. The summed E-state index contributed by atoms with van der Waals surface area (Å²) < 4.78 is 31.1. The molecule has 0 saturated carbocycles. The van der Waals surface area contributed by atoms with Crippen molar-refractivity contribution >= 4 is 46.4 Å². The highest BCUT2D eigenvalue weighted by molar-refractivity contribution is 6.30. The van der Waals surface area contributed by atoms with Crippen molar-refractivity contribution in [2.24, 2.45) is 21.7 Å². The van der Waals surface area contributed by atoms with E-state index >= 15 is 0 Å². The van der Waals surface area contributed by atoms with Crippen LogP contribution in [0.3, 0.4) is 0 Å². The second-order valence-electron chi connectivity index (χ2n) is 17.7. The van der Waals surface area contributed by atoms with Crippen LogP contribution in [0.4, 0.5) is 0 Å². The third-order valence-corrected chi connectivity index (χ3v) is 8.87. The molecule has 6 atom stereocenters. The lowest BCUT2D eigenvalue weighted by molar-refractivity contribution is -0.265. The van der Waals surface area contributed by atoms with E-state index in [0.29, 0.717) is 5.02 Å². The van der Waals surface area contributed by atoms with Gasteiger partial charge in [0.15, 0.2) is 24.5 Å². The fourth-order valence-electron chi connectivity index (χ4n) is 5.41. The number of esters is 4. The molecule has 1 fully saturated rings. The average Bonchev–Trinajstić information content (AvgIpc) is 3.46. The molecule has 290 valence electrons. The Balaban J connectivity index is 1.94. The quantitative estimate of drug-likeness (QED) is 0.165. The van der Waals surface area contributed by atoms with Crippen molar-refractivity contribution in [1.82, 2.24) is 10.3 Å². The molecule has 2 aromatic carbocycles. The summed E-state index contributed by atoms with van der Waals surface area (Å²) in [4.78, 5) is 57.5. The molecule has 1 aliphatic heterocycles. The highest BCUT2D eigenvalue weighted by atomic mass is 35.5. The number of carbonyl (C=O) groups is 4. The average molecular weight is 755 g/mol. The van der Waals surface area contributed by atoms with Gasteiger partial charge in [-0.15, -0.1) is 0 Å². The molecular formula is C41H55ClN2O9. The van der Waals surface area contributed by atoms with Crippen LogP contribution in [0.2, 0.25) is 5.02 Å². The monoisotopic (exact) mass is 754 g/mol. The van der Waals surface area contributed by atoms with Crippen molar-refractivity contribution in [3.63, 3.8) is 0 Å². The Labute approximate surface area is 317 Å². The van der Waals surface area contributed by atoms with Gasteiger partial charge >= 0.3 is 23.9 Å². The van der Waals surface area contributed by atoms with Crippen LogP contribution in [0.1, 0.15) is 100 Å². The normalized spacial score (nSPS) is 21.8. The standard InChI is InChI=1S/C41H55ClN2O9/c1-38(2,3)34(45)49-22-28-30(51-35(46)39(4,5)6)31(52-36(47)40(7,8)9)32(53-37(48)41(10,11)12)33(50-28)44-29(23-16-15-17-24(42)20-23)26-21-43-27-19-14-13-18-25(26)27/h13-21,28-33,43-44H,22H2,1-12H3/t28-,29+,30+,31+,32-,33-/m1/s1. The van der Waals surface area contributed by atoms with E-state index in [4.69, 9.17) is 35.3 Å². The van der Waals surface area contributed by atoms with Crippen LogP contribution in [-0.4, -0.2) is 66.1 Å². The fraction of sp³-hybridized carbons (Fsp3) is 0.561. The third-order valence-electron chi connectivity index (χ3n) is 8.64. The Hall–Kier alpha value is -3.93. The summed E-state index contributed by atoms with van der Waals surface area (Å²) in [5.41, 5.74) is -1.36. The van der Waals surface area contributed by atoms with Gasteiger partial charge in [0, 0.05) is 22.1 Å². The zero-order valence-corrected chi connectivity index (χ0v) is 33.7. The molecule has 1 saturated heterocycles. The molecule has 0 bridgehead atoms. The van der Waals surface area contributed by atoms with E-state index in [0.717, 1.165) is 22.0 Å². The maximum absolute atomic E-state index is 13.8. The van der Waals surface area contributed by atoms with Crippen molar-refractivity contribution in [2.75, 3.05) is 6.61 Å². The molecule has 0 amide bonds. The fourth-order valence-corrected chi connectivity index (χ4v) is 5.61. The number of fused-ring (bicyclic) bond motifs is 1. The molecule has 2 N–H and O–H groups in total. The number of para-hydroxylation sites is 1. The van der Waals surface area contributed by atoms with Crippen LogP contribution in [0.25, 0.3) is 10.9 Å². The lowest BCUT2D eigenvalue weighted by Gasteiger charge is -2.47. The lowest BCUT2D eigenvalue weighted by atomic mass is 9.91. The number of hydrogen-bond acceptors (Lipinski definition) is 10. The number of ether oxygens (including phenoxy) is 5. The molecule has 1 aliphatic rings. The first-order valence-electron chi connectivity index (χ1n) is 17.9. The van der Waals surface area contributed by atoms with Crippen LogP contribution < -0.4 is 5.32 Å². The molecule has 53 heavy (non-hydrogen) atoms. The van der Waals surface area contributed by atoms with Crippen LogP contribution in [0.5, 0.6) is 0 Å². The largest absolute Gasteiger partial charge is 0.462 e. The number of H-pyrrole nitrogens is 1. The minimum Gasteiger partial charge on any atom is -0.462 e. The third kappa shape index (κ3) is 10.4. The SMILES string of the molecule is CC(C)(C)C(=O)OC[C@H]1O[C@@H](N[C@@H](c2cccc(Cl)c2)c2c[nH]c3ccccc23)[C@H](OC(=O)C(C)(C)C)[C@@H](OC(=O)C(C)(C)C)[C@H]1OC(=O)C(C)(C)C. The summed E-state index contributed by atoms with van der Waals surface area (Å²) in [6.07, 6.45) is -4.61. The van der Waals surface area contributed by atoms with E-state index in [1.54, 1.807) is 89.2 Å². The molecule has 0 spiro atoms. The summed E-state index contributed by atoms with van der Waals surface area (Å²) in [6.45, 7) is 20.0. The van der Waals surface area contributed by atoms with Gasteiger partial charge in [-0.25, -0.2) is 0 Å². The predicted octanol–water partition coefficient (Wildman–Crippen LogP) is 7.69. The maximum Gasteiger partial charge on any atom is 0.311 e. The highest BCUT2D eigenvalue weighted by Crippen LogP contribution is 2.37. The van der Waals surface area contributed by atoms with E-state index in [1.165, 1.54) is 0 Å². The molecule has 12 heteroatoms. The van der Waals surface area contributed by atoms with E-state index < -0.39 is 82.2 Å². The zero-order chi connectivity index (χ0) is 39.7. The van der Waals surface area contributed by atoms with Gasteiger partial charge in [0.2, 0.25) is 0 Å². The van der Waals surface area contributed by atoms with E-state index in [9.17, 15) is 19.2 Å². The number of carbonyl (C=O) groups excluding carboxylic acids is 4. The minimum atomic E-state index is -1.40. The number of nitrogens with one attached hydrogen (secondary N) is 2. The Bertz CT molecular complexity index is 1790. The first kappa shape index (κ1) is 41.8. The number of aromatic amines is 1. The summed E-state index contributed by atoms with van der Waals surface area (Å²) in [7, 11) is 0. The van der Waals surface area contributed by atoms with E-state index in [1.807, 2.05) is 48.7 Å². The number of benzene rings is 2. The van der Waals surface area contributed by atoms with Gasteiger partial charge in [-0.2, -0.15) is 0 Å². The molecule has 11 nitrogen and oxygen atoms in total. The maximum atomic E-state index is 13.8. The van der Waals surface area contributed by atoms with Gasteiger partial charge in [-0.3, -0.25) is 24.5 Å². The summed E-state index contributed by atoms with van der Waals surface area (Å²) in [5, 5.41) is 4.95. The van der Waals surface area contributed by atoms with Gasteiger partial charge < -0.3 is 28.7 Å². The van der Waals surface area contributed by atoms with Crippen molar-refractivity contribution in [3.8, 4) is 0 Å². The molecule has 0 aliphatic carbocycles. The molecular weight excluding hydrogens is 700 g/mol. The van der Waals surface area contributed by atoms with Crippen molar-refractivity contribution in [3.05, 3.63) is 70.9 Å². The second kappa shape index (κ2) is 15.8. The van der Waals surface area contributed by atoms with Gasteiger partial charge in [-0.1, -0.05) is 41.9 Å². The lowest BCUT2D eigenvalue weighted by Crippen LogP contribution is -2.67. The van der Waals surface area contributed by atoms with Gasteiger partial charge in [0.25, 0.3) is 0 Å². The first-order chi connectivity index (χ1) is 24.4. The van der Waals surface area contributed by atoms with Crippen molar-refractivity contribution in [1.29, 1.82) is 0 Å². The van der Waals surface area contributed by atoms with Crippen LogP contribution >= 0.6 is 11.6 Å². The zero-order valence-electron chi connectivity index (χ0n) is 32.9. The Morgan fingerprint density at radius 1 is 0.717 bits per heavy atom. The number of hydrogen-bond donors (Lipinski definition) is 2. The summed E-state index contributed by atoms with van der Waals surface area (Å²) >= 11 is 6.53.